The summed E-state index contributed by atoms with van der Waals surface area (Å²) in [7, 11) is -4.05. The first kappa shape index (κ1) is 23.7. The molecule has 0 spiro atoms. The lowest BCUT2D eigenvalue weighted by Gasteiger charge is -2.42. The average Bonchev–Trinajstić information content (AvgIpc) is 2.84. The lowest BCUT2D eigenvalue weighted by atomic mass is 9.78. The van der Waals surface area contributed by atoms with Gasteiger partial charge >= 0.3 is 0 Å². The van der Waals surface area contributed by atoms with E-state index < -0.39 is 21.3 Å². The number of hydrogen-bond acceptors (Lipinski definition) is 5. The molecule has 0 aromatic heterocycles. The maximum absolute atomic E-state index is 14.4. The number of benzene rings is 2. The first-order chi connectivity index (χ1) is 15.9. The van der Waals surface area contributed by atoms with Crippen LogP contribution in [-0.2, 0) is 19.6 Å². The molecular weight excluding hydrogens is 447 g/mol. The third-order valence-electron chi connectivity index (χ3n) is 6.26. The Balaban J connectivity index is 1.58. The van der Waals surface area contributed by atoms with E-state index in [9.17, 15) is 17.6 Å². The third-order valence-corrected chi connectivity index (χ3v) is 8.14. The fraction of sp³-hybridized carbons (Fsp3) is 0.458. The van der Waals surface area contributed by atoms with E-state index in [1.54, 1.807) is 4.90 Å². The minimum absolute atomic E-state index is 0.0416. The van der Waals surface area contributed by atoms with Crippen molar-refractivity contribution in [2.24, 2.45) is 5.41 Å². The zero-order valence-corrected chi connectivity index (χ0v) is 19.3. The van der Waals surface area contributed by atoms with Crippen molar-refractivity contribution >= 4 is 15.9 Å². The van der Waals surface area contributed by atoms with Crippen LogP contribution in [0.2, 0.25) is 0 Å². The van der Waals surface area contributed by atoms with Gasteiger partial charge in [-0.25, -0.2) is 12.8 Å². The number of carbonyl (C=O) groups is 1. The fourth-order valence-electron chi connectivity index (χ4n) is 4.47. The van der Waals surface area contributed by atoms with Crippen LogP contribution in [0.15, 0.2) is 59.5 Å². The van der Waals surface area contributed by atoms with Crippen molar-refractivity contribution in [3.8, 4) is 5.75 Å². The van der Waals surface area contributed by atoms with E-state index in [0.717, 1.165) is 6.07 Å². The molecule has 33 heavy (non-hydrogen) atoms. The molecule has 2 fully saturated rings. The highest BCUT2D eigenvalue weighted by Crippen LogP contribution is 2.37. The van der Waals surface area contributed by atoms with Crippen molar-refractivity contribution in [1.29, 1.82) is 0 Å². The molecule has 2 aliphatic heterocycles. The van der Waals surface area contributed by atoms with Gasteiger partial charge in [0.2, 0.25) is 15.9 Å². The van der Waals surface area contributed by atoms with Gasteiger partial charge in [0.05, 0.1) is 19.8 Å². The number of ether oxygens (including phenoxy) is 2. The molecule has 2 heterocycles. The van der Waals surface area contributed by atoms with Gasteiger partial charge in [-0.15, -0.1) is 0 Å². The minimum atomic E-state index is -4.05. The largest absolute Gasteiger partial charge is 0.493 e. The Morgan fingerprint density at radius 2 is 1.73 bits per heavy atom. The second-order valence-electron chi connectivity index (χ2n) is 8.64. The molecular formula is C24H29FN2O5S. The molecule has 1 amide bonds. The first-order valence-electron chi connectivity index (χ1n) is 11.2. The second-order valence-corrected chi connectivity index (χ2v) is 10.6. The predicted molar refractivity (Wildman–Crippen MR) is 121 cm³/mol. The number of carbonyl (C=O) groups excluding carboxylic acids is 1. The Morgan fingerprint density at radius 1 is 1.03 bits per heavy atom. The molecule has 0 aliphatic carbocycles. The van der Waals surface area contributed by atoms with Crippen molar-refractivity contribution in [2.75, 3.05) is 46.0 Å². The highest BCUT2D eigenvalue weighted by atomic mass is 32.2. The Hall–Kier alpha value is -2.49. The number of sulfonamides is 1. The molecule has 0 bridgehead atoms. The molecule has 0 radical (unpaired) electrons. The van der Waals surface area contributed by atoms with Crippen LogP contribution >= 0.6 is 0 Å². The summed E-state index contributed by atoms with van der Waals surface area (Å²) in [5.41, 5.74) is -0.720. The molecule has 178 valence electrons. The van der Waals surface area contributed by atoms with E-state index in [1.807, 2.05) is 30.3 Å². The minimum Gasteiger partial charge on any atom is -0.493 e. The molecule has 0 N–H and O–H groups in total. The quantitative estimate of drug-likeness (QED) is 0.614. The smallest absolute Gasteiger partial charge is 0.246 e. The molecule has 0 unspecified atom stereocenters. The molecule has 2 aliphatic rings. The van der Waals surface area contributed by atoms with Crippen LogP contribution in [-0.4, -0.2) is 69.5 Å². The van der Waals surface area contributed by atoms with Gasteiger partial charge in [-0.05, 0) is 37.1 Å². The summed E-state index contributed by atoms with van der Waals surface area (Å²) in [5, 5.41) is 0. The van der Waals surface area contributed by atoms with E-state index in [-0.39, 0.29) is 36.9 Å². The highest BCUT2D eigenvalue weighted by Gasteiger charge is 2.43. The summed E-state index contributed by atoms with van der Waals surface area (Å²) in [6.07, 6.45) is 1.35. The van der Waals surface area contributed by atoms with Gasteiger partial charge in [-0.3, -0.25) is 4.79 Å². The summed E-state index contributed by atoms with van der Waals surface area (Å²) in [6, 6.07) is 14.6. The zero-order valence-electron chi connectivity index (χ0n) is 18.5. The summed E-state index contributed by atoms with van der Waals surface area (Å²) in [5.74, 6) is -0.163. The Bertz CT molecular complexity index is 1060. The van der Waals surface area contributed by atoms with E-state index in [1.165, 1.54) is 22.5 Å². The Labute approximate surface area is 194 Å². The molecule has 9 heteroatoms. The molecule has 2 saturated heterocycles. The maximum atomic E-state index is 14.4. The summed E-state index contributed by atoms with van der Waals surface area (Å²) in [4.78, 5) is 14.6. The molecule has 4 rings (SSSR count). The molecule has 2 aromatic carbocycles. The number of halogens is 1. The Morgan fingerprint density at radius 3 is 2.45 bits per heavy atom. The van der Waals surface area contributed by atoms with Crippen molar-refractivity contribution < 1.29 is 27.1 Å². The average molecular weight is 477 g/mol. The molecule has 7 nitrogen and oxygen atoms in total. The SMILES string of the molecule is O=C(C[C@@]1(COc2ccccc2)CCCN(S(=O)(=O)c2ccccc2F)C1)N1CCOCC1. The van der Waals surface area contributed by atoms with Gasteiger partial charge in [0.1, 0.15) is 16.5 Å². The third kappa shape index (κ3) is 5.54. The summed E-state index contributed by atoms with van der Waals surface area (Å²) in [6.45, 7) is 2.58. The summed E-state index contributed by atoms with van der Waals surface area (Å²) < 4.78 is 53.6. The number of rotatable bonds is 7. The van der Waals surface area contributed by atoms with Gasteiger partial charge in [0.15, 0.2) is 0 Å². The standard InChI is InChI=1S/C24H29FN2O5S/c25-21-9-4-5-10-22(21)33(29,30)27-12-6-11-24(18-27,19-32-20-7-2-1-3-8-20)17-23(28)26-13-15-31-16-14-26/h1-5,7-10H,6,11-19H2/t24-/m0/s1. The van der Waals surface area contributed by atoms with Crippen molar-refractivity contribution in [3.05, 3.63) is 60.4 Å². The monoisotopic (exact) mass is 476 g/mol. The molecule has 2 aromatic rings. The van der Waals surface area contributed by atoms with Gasteiger partial charge in [-0.2, -0.15) is 4.31 Å². The van der Waals surface area contributed by atoms with Crippen molar-refractivity contribution in [3.63, 3.8) is 0 Å². The number of morpholine rings is 1. The number of amides is 1. The number of para-hydroxylation sites is 1. The van der Waals surface area contributed by atoms with Crippen LogP contribution in [0.1, 0.15) is 19.3 Å². The van der Waals surface area contributed by atoms with Gasteiger partial charge in [0, 0.05) is 38.0 Å². The first-order valence-corrected chi connectivity index (χ1v) is 12.6. The van der Waals surface area contributed by atoms with Crippen LogP contribution in [0.4, 0.5) is 4.39 Å². The van der Waals surface area contributed by atoms with Gasteiger partial charge in [-0.1, -0.05) is 30.3 Å². The number of nitrogens with zero attached hydrogens (tertiary/aromatic N) is 2. The van der Waals surface area contributed by atoms with Gasteiger partial charge in [0.25, 0.3) is 0 Å². The van der Waals surface area contributed by atoms with E-state index in [4.69, 9.17) is 9.47 Å². The van der Waals surface area contributed by atoms with E-state index in [0.29, 0.717) is 44.9 Å². The lowest BCUT2D eigenvalue weighted by molar-refractivity contribution is -0.139. The normalized spacial score (nSPS) is 22.2. The Kier molecular flexibility index (Phi) is 7.31. The fourth-order valence-corrected chi connectivity index (χ4v) is 6.13. The van der Waals surface area contributed by atoms with Gasteiger partial charge < -0.3 is 14.4 Å². The van der Waals surface area contributed by atoms with E-state index >= 15 is 0 Å². The highest BCUT2D eigenvalue weighted by molar-refractivity contribution is 7.89. The second kappa shape index (κ2) is 10.2. The number of hydrogen-bond donors (Lipinski definition) is 0. The zero-order chi connectivity index (χ0) is 23.3. The maximum Gasteiger partial charge on any atom is 0.246 e. The van der Waals surface area contributed by atoms with Crippen LogP contribution in [0.3, 0.4) is 0 Å². The van der Waals surface area contributed by atoms with Crippen molar-refractivity contribution in [2.45, 2.75) is 24.2 Å². The van der Waals surface area contributed by atoms with Crippen LogP contribution in [0.25, 0.3) is 0 Å². The molecule has 0 saturated carbocycles. The van der Waals surface area contributed by atoms with Crippen LogP contribution < -0.4 is 4.74 Å². The number of piperidine rings is 1. The van der Waals surface area contributed by atoms with Crippen LogP contribution in [0.5, 0.6) is 5.75 Å². The predicted octanol–water partition coefficient (Wildman–Crippen LogP) is 2.92. The van der Waals surface area contributed by atoms with E-state index in [2.05, 4.69) is 0 Å². The molecule has 1 atom stereocenters. The topological polar surface area (TPSA) is 76.2 Å². The summed E-state index contributed by atoms with van der Waals surface area (Å²) >= 11 is 0. The van der Waals surface area contributed by atoms with Crippen molar-refractivity contribution in [1.82, 2.24) is 9.21 Å². The lowest BCUT2D eigenvalue weighted by Crippen LogP contribution is -2.52. The van der Waals surface area contributed by atoms with Crippen LogP contribution in [0, 0.1) is 11.2 Å².